The topological polar surface area (TPSA) is 188 Å². The molecule has 264 valence electrons. The van der Waals surface area contributed by atoms with Crippen molar-refractivity contribution in [1.82, 2.24) is 24.6 Å². The lowest BCUT2D eigenvalue weighted by Crippen LogP contribution is -2.60. The second-order valence-corrected chi connectivity index (χ2v) is 17.9. The number of alkyl carbamates (subject to hydrolysis) is 1. The molecule has 3 aliphatic carbocycles. The largest absolute Gasteiger partial charge is 0.446 e. The summed E-state index contributed by atoms with van der Waals surface area (Å²) in [6.07, 6.45) is 4.27. The van der Waals surface area contributed by atoms with Crippen molar-refractivity contribution >= 4 is 43.9 Å². The number of sulfonamides is 2. The second kappa shape index (κ2) is 13.0. The zero-order valence-electron chi connectivity index (χ0n) is 27.1. The summed E-state index contributed by atoms with van der Waals surface area (Å²) in [6.45, 7) is 7.50. The van der Waals surface area contributed by atoms with Crippen LogP contribution in [-0.4, -0.2) is 92.0 Å². The average molecular weight is 712 g/mol. The molecular weight excluding hydrogens is 669 g/mol. The quantitative estimate of drug-likeness (QED) is 0.287. The minimum Gasteiger partial charge on any atom is -0.446 e. The Balaban J connectivity index is 1.44. The van der Waals surface area contributed by atoms with Gasteiger partial charge in [-0.25, -0.2) is 26.0 Å². The number of hydrogen-bond donors (Lipinski definition) is 3. The van der Waals surface area contributed by atoms with Crippen LogP contribution in [0, 0.1) is 17.2 Å². The van der Waals surface area contributed by atoms with Crippen molar-refractivity contribution in [2.75, 3.05) is 13.2 Å². The molecule has 3 saturated carbocycles. The van der Waals surface area contributed by atoms with Gasteiger partial charge in [-0.1, -0.05) is 32.9 Å². The lowest BCUT2D eigenvalue weighted by atomic mass is 9.85. The second-order valence-electron chi connectivity index (χ2n) is 14.0. The van der Waals surface area contributed by atoms with E-state index in [1.807, 2.05) is 0 Å². The Morgan fingerprint density at radius 1 is 1.08 bits per heavy atom. The molecule has 0 bridgehead atoms. The summed E-state index contributed by atoms with van der Waals surface area (Å²) in [5.41, 5.74) is -2.64. The molecule has 0 spiro atoms. The SMILES string of the molecule is C=C[C@@H]1C[C@]1(NC(=O)[C@@H]1CN(S(=O)(=O)c2cccc(F)c2)CN1C(=O)[C@@H](NC(=O)OC1CCCC1)C(C)(C)C)C(=O)NS(=O)(=O)C1CC1. The van der Waals surface area contributed by atoms with E-state index in [1.54, 1.807) is 20.8 Å². The van der Waals surface area contributed by atoms with Gasteiger partial charge in [0.2, 0.25) is 31.9 Å². The summed E-state index contributed by atoms with van der Waals surface area (Å²) in [5.74, 6) is -4.13. The van der Waals surface area contributed by atoms with Crippen molar-refractivity contribution in [3.05, 3.63) is 42.7 Å². The van der Waals surface area contributed by atoms with Gasteiger partial charge < -0.3 is 20.3 Å². The van der Waals surface area contributed by atoms with Gasteiger partial charge in [-0.2, -0.15) is 4.31 Å². The molecule has 4 aliphatic rings. The third kappa shape index (κ3) is 7.37. The highest BCUT2D eigenvalue weighted by atomic mass is 32.2. The first-order valence-corrected chi connectivity index (χ1v) is 18.9. The summed E-state index contributed by atoms with van der Waals surface area (Å²) in [4.78, 5) is 55.1. The van der Waals surface area contributed by atoms with Gasteiger partial charge in [0.25, 0.3) is 5.91 Å². The minimum absolute atomic E-state index is 0.0272. The van der Waals surface area contributed by atoms with Gasteiger partial charge in [0.15, 0.2) is 0 Å². The Hall–Kier alpha value is -3.57. The Morgan fingerprint density at radius 2 is 1.75 bits per heavy atom. The molecule has 48 heavy (non-hydrogen) atoms. The summed E-state index contributed by atoms with van der Waals surface area (Å²) in [5, 5.41) is 4.49. The average Bonchev–Trinajstić information content (AvgIpc) is 3.88. The van der Waals surface area contributed by atoms with Crippen LogP contribution in [0.4, 0.5) is 9.18 Å². The van der Waals surface area contributed by atoms with E-state index < -0.39 is 102 Å². The Morgan fingerprint density at radius 3 is 2.31 bits per heavy atom. The molecule has 1 saturated heterocycles. The number of carbonyl (C=O) groups is 4. The van der Waals surface area contributed by atoms with Crippen LogP contribution < -0.4 is 15.4 Å². The number of nitrogens with zero attached hydrogens (tertiary/aromatic N) is 2. The number of amides is 4. The molecule has 17 heteroatoms. The van der Waals surface area contributed by atoms with Crippen LogP contribution >= 0.6 is 0 Å². The van der Waals surface area contributed by atoms with Crippen molar-refractivity contribution in [2.24, 2.45) is 11.3 Å². The number of benzene rings is 1. The monoisotopic (exact) mass is 711 g/mol. The zero-order chi connectivity index (χ0) is 35.2. The number of ether oxygens (including phenoxy) is 1. The molecule has 14 nitrogen and oxygen atoms in total. The van der Waals surface area contributed by atoms with Crippen molar-refractivity contribution in [2.45, 2.75) is 99.6 Å². The molecule has 1 aromatic rings. The van der Waals surface area contributed by atoms with E-state index in [-0.39, 0.29) is 12.5 Å². The van der Waals surface area contributed by atoms with Gasteiger partial charge in [-0.05, 0) is 68.6 Å². The van der Waals surface area contributed by atoms with Gasteiger partial charge >= 0.3 is 6.09 Å². The van der Waals surface area contributed by atoms with E-state index in [4.69, 9.17) is 4.74 Å². The first kappa shape index (κ1) is 35.7. The van der Waals surface area contributed by atoms with Gasteiger partial charge in [0, 0.05) is 12.5 Å². The van der Waals surface area contributed by atoms with Crippen molar-refractivity contribution in [3.8, 4) is 0 Å². The fourth-order valence-electron chi connectivity index (χ4n) is 6.16. The van der Waals surface area contributed by atoms with Gasteiger partial charge in [-0.3, -0.25) is 19.1 Å². The molecule has 0 radical (unpaired) electrons. The number of halogens is 1. The van der Waals surface area contributed by atoms with Crippen LogP contribution in [0.1, 0.15) is 65.7 Å². The van der Waals surface area contributed by atoms with E-state index in [0.29, 0.717) is 25.7 Å². The predicted octanol–water partition coefficient (Wildman–Crippen LogP) is 1.74. The molecule has 4 amide bonds. The van der Waals surface area contributed by atoms with Gasteiger partial charge in [0.1, 0.15) is 29.5 Å². The van der Waals surface area contributed by atoms with E-state index >= 15 is 0 Å². The van der Waals surface area contributed by atoms with Gasteiger partial charge in [-0.15, -0.1) is 6.58 Å². The summed E-state index contributed by atoms with van der Waals surface area (Å²) in [7, 11) is -8.42. The van der Waals surface area contributed by atoms with Crippen molar-refractivity contribution in [1.29, 1.82) is 0 Å². The van der Waals surface area contributed by atoms with Crippen LogP contribution in [0.3, 0.4) is 0 Å². The third-order valence-corrected chi connectivity index (χ3v) is 12.9. The lowest BCUT2D eigenvalue weighted by molar-refractivity contribution is -0.142. The fourth-order valence-corrected chi connectivity index (χ4v) is 8.95. The Kier molecular flexibility index (Phi) is 9.71. The molecule has 4 fully saturated rings. The smallest absolute Gasteiger partial charge is 0.408 e. The summed E-state index contributed by atoms with van der Waals surface area (Å²) in [6, 6.07) is 1.47. The summed E-state index contributed by atoms with van der Waals surface area (Å²) < 4.78 is 74.9. The predicted molar refractivity (Wildman–Crippen MR) is 170 cm³/mol. The zero-order valence-corrected chi connectivity index (χ0v) is 28.7. The molecular formula is C31H42FN5O9S2. The number of hydrogen-bond acceptors (Lipinski definition) is 9. The van der Waals surface area contributed by atoms with Crippen LogP contribution in [0.2, 0.25) is 0 Å². The fraction of sp³-hybridized carbons (Fsp3) is 0.613. The minimum atomic E-state index is -4.45. The first-order chi connectivity index (χ1) is 22.4. The van der Waals surface area contributed by atoms with E-state index in [1.165, 1.54) is 18.2 Å². The molecule has 1 aromatic carbocycles. The highest BCUT2D eigenvalue weighted by molar-refractivity contribution is 7.91. The molecule has 0 unspecified atom stereocenters. The number of rotatable bonds is 11. The molecule has 1 aliphatic heterocycles. The van der Waals surface area contributed by atoms with Crippen molar-refractivity contribution in [3.63, 3.8) is 0 Å². The molecule has 0 aromatic heterocycles. The Bertz CT molecular complexity index is 1700. The maximum absolute atomic E-state index is 14.3. The third-order valence-electron chi connectivity index (χ3n) is 9.28. The summed E-state index contributed by atoms with van der Waals surface area (Å²) >= 11 is 0. The van der Waals surface area contributed by atoms with E-state index in [0.717, 1.165) is 34.2 Å². The van der Waals surface area contributed by atoms with Gasteiger partial charge in [0.05, 0.1) is 16.8 Å². The number of nitrogens with one attached hydrogen (secondary N) is 3. The molecule has 5 rings (SSSR count). The Labute approximate surface area is 279 Å². The molecule has 4 atom stereocenters. The van der Waals surface area contributed by atoms with Crippen LogP contribution in [0.25, 0.3) is 0 Å². The highest BCUT2D eigenvalue weighted by Gasteiger charge is 2.62. The van der Waals surface area contributed by atoms with E-state index in [2.05, 4.69) is 21.9 Å². The maximum atomic E-state index is 14.3. The highest BCUT2D eigenvalue weighted by Crippen LogP contribution is 2.45. The van der Waals surface area contributed by atoms with Crippen LogP contribution in [0.5, 0.6) is 0 Å². The number of carbonyl (C=O) groups excluding carboxylic acids is 4. The van der Waals surface area contributed by atoms with Crippen LogP contribution in [-0.2, 0) is 39.2 Å². The van der Waals surface area contributed by atoms with Crippen LogP contribution in [0.15, 0.2) is 41.8 Å². The normalized spacial score (nSPS) is 25.6. The lowest BCUT2D eigenvalue weighted by Gasteiger charge is -2.35. The van der Waals surface area contributed by atoms with Crippen molar-refractivity contribution < 1.29 is 45.1 Å². The molecule has 3 N–H and O–H groups in total. The molecule has 1 heterocycles. The van der Waals surface area contributed by atoms with E-state index in [9.17, 15) is 40.4 Å². The first-order valence-electron chi connectivity index (χ1n) is 15.9. The standard InChI is InChI=1S/C31H42FN5O9S2/c1-5-19-16-31(19,28(40)35-47(42,43)22-13-14-22)34-26(38)24-17-36(48(44,45)23-12-8-9-20(32)15-23)18-37(24)27(39)25(30(2,3)4)33-29(41)46-21-10-6-7-11-21/h5,8-9,12,15,19,21-22,24-25H,1,6-7,10-11,13-14,16-18H2,2-4H3,(H,33,41)(H,34,38)(H,35,40)/t19-,24+,25-,31-/m1/s1. The maximum Gasteiger partial charge on any atom is 0.408 e.